The summed E-state index contributed by atoms with van der Waals surface area (Å²) in [6.45, 7) is 5.71. The lowest BCUT2D eigenvalue weighted by Gasteiger charge is -2.20. The molecule has 1 amide bonds. The van der Waals surface area contributed by atoms with Crippen LogP contribution >= 0.6 is 11.6 Å². The van der Waals surface area contributed by atoms with Gasteiger partial charge < -0.3 is 10.4 Å². The fourth-order valence-corrected chi connectivity index (χ4v) is 2.09. The molecule has 5 heteroatoms. The Morgan fingerprint density at radius 3 is 2.80 bits per heavy atom. The molecule has 112 valence electrons. The molecule has 0 saturated heterocycles. The molecule has 1 aromatic rings. The Hall–Kier alpha value is -1.10. The molecule has 0 aliphatic carbocycles. The van der Waals surface area contributed by atoms with Crippen LogP contribution in [0.3, 0.4) is 0 Å². The summed E-state index contributed by atoms with van der Waals surface area (Å²) in [4.78, 5) is 14.0. The summed E-state index contributed by atoms with van der Waals surface area (Å²) in [6.07, 6.45) is 2.08. The number of benzene rings is 1. The summed E-state index contributed by atoms with van der Waals surface area (Å²) >= 11 is 5.93. The highest BCUT2D eigenvalue weighted by atomic mass is 35.5. The first kappa shape index (κ1) is 17.0. The number of halogens is 1. The number of nitrogens with zero attached hydrogens (tertiary/aromatic N) is 1. The molecule has 0 spiro atoms. The van der Waals surface area contributed by atoms with Gasteiger partial charge >= 0.3 is 0 Å². The number of carbonyl (C=O) groups excluding carboxylic acids is 1. The van der Waals surface area contributed by atoms with Crippen molar-refractivity contribution in [3.05, 3.63) is 28.8 Å². The SMILES string of the molecule is CCCCN(CCO)CC(=O)Nc1cc(Cl)ccc1C. The molecule has 20 heavy (non-hydrogen) atoms. The summed E-state index contributed by atoms with van der Waals surface area (Å²) in [5.41, 5.74) is 1.71. The molecule has 0 heterocycles. The number of rotatable bonds is 8. The summed E-state index contributed by atoms with van der Waals surface area (Å²) in [5.74, 6) is -0.0834. The van der Waals surface area contributed by atoms with Crippen LogP contribution in [-0.4, -0.2) is 42.2 Å². The minimum absolute atomic E-state index is 0.0627. The second-order valence-corrected chi connectivity index (χ2v) is 5.30. The van der Waals surface area contributed by atoms with Gasteiger partial charge in [0.1, 0.15) is 0 Å². The Morgan fingerprint density at radius 2 is 2.15 bits per heavy atom. The summed E-state index contributed by atoms with van der Waals surface area (Å²) in [7, 11) is 0. The van der Waals surface area contributed by atoms with Gasteiger partial charge in [0, 0.05) is 17.3 Å². The largest absolute Gasteiger partial charge is 0.395 e. The van der Waals surface area contributed by atoms with E-state index in [0.717, 1.165) is 30.6 Å². The normalized spacial score (nSPS) is 10.8. The Kier molecular flexibility index (Phi) is 7.59. The first-order valence-corrected chi connectivity index (χ1v) is 7.33. The average Bonchev–Trinajstić information content (AvgIpc) is 2.40. The highest BCUT2D eigenvalue weighted by Gasteiger charge is 2.11. The van der Waals surface area contributed by atoms with Crippen LogP contribution in [0.25, 0.3) is 0 Å². The third-order valence-corrected chi connectivity index (χ3v) is 3.32. The second-order valence-electron chi connectivity index (χ2n) is 4.86. The van der Waals surface area contributed by atoms with Gasteiger partial charge in [-0.1, -0.05) is 31.0 Å². The van der Waals surface area contributed by atoms with E-state index in [9.17, 15) is 4.79 Å². The van der Waals surface area contributed by atoms with Gasteiger partial charge in [-0.2, -0.15) is 0 Å². The highest BCUT2D eigenvalue weighted by molar-refractivity contribution is 6.31. The molecule has 0 aromatic heterocycles. The van der Waals surface area contributed by atoms with Crippen LogP contribution in [0.2, 0.25) is 5.02 Å². The van der Waals surface area contributed by atoms with Gasteiger partial charge in [0.2, 0.25) is 5.91 Å². The number of nitrogens with one attached hydrogen (secondary N) is 1. The standard InChI is InChI=1S/C15H23ClN2O2/c1-3-4-7-18(8-9-19)11-15(20)17-14-10-13(16)6-5-12(14)2/h5-6,10,19H,3-4,7-9,11H2,1-2H3,(H,17,20). The number of carbonyl (C=O) groups is 1. The van der Waals surface area contributed by atoms with Crippen molar-refractivity contribution in [1.29, 1.82) is 0 Å². The maximum absolute atomic E-state index is 12.0. The van der Waals surface area contributed by atoms with Gasteiger partial charge in [0.05, 0.1) is 13.2 Å². The Morgan fingerprint density at radius 1 is 1.40 bits per heavy atom. The van der Waals surface area contributed by atoms with Crippen molar-refractivity contribution in [2.24, 2.45) is 0 Å². The van der Waals surface area contributed by atoms with Crippen molar-refractivity contribution in [2.45, 2.75) is 26.7 Å². The van der Waals surface area contributed by atoms with E-state index < -0.39 is 0 Å². The van der Waals surface area contributed by atoms with Crippen LogP contribution in [0.1, 0.15) is 25.3 Å². The van der Waals surface area contributed by atoms with Gasteiger partial charge in [-0.3, -0.25) is 9.69 Å². The first-order chi connectivity index (χ1) is 9.56. The minimum Gasteiger partial charge on any atom is -0.395 e. The zero-order chi connectivity index (χ0) is 15.0. The van der Waals surface area contributed by atoms with Crippen LogP contribution in [0, 0.1) is 6.92 Å². The monoisotopic (exact) mass is 298 g/mol. The number of unbranched alkanes of at least 4 members (excludes halogenated alkanes) is 1. The maximum Gasteiger partial charge on any atom is 0.238 e. The summed E-state index contributed by atoms with van der Waals surface area (Å²) < 4.78 is 0. The third kappa shape index (κ3) is 5.90. The molecule has 0 atom stereocenters. The average molecular weight is 299 g/mol. The van der Waals surface area contributed by atoms with Crippen molar-refractivity contribution >= 4 is 23.2 Å². The van der Waals surface area contributed by atoms with E-state index in [1.807, 2.05) is 17.9 Å². The highest BCUT2D eigenvalue weighted by Crippen LogP contribution is 2.20. The number of aliphatic hydroxyl groups is 1. The van der Waals surface area contributed by atoms with Crippen molar-refractivity contribution in [3.63, 3.8) is 0 Å². The first-order valence-electron chi connectivity index (χ1n) is 6.96. The molecular weight excluding hydrogens is 276 g/mol. The fraction of sp³-hybridized carbons (Fsp3) is 0.533. The van der Waals surface area contributed by atoms with Gasteiger partial charge in [-0.05, 0) is 37.6 Å². The van der Waals surface area contributed by atoms with Crippen molar-refractivity contribution < 1.29 is 9.90 Å². The Balaban J connectivity index is 2.58. The number of hydrogen-bond donors (Lipinski definition) is 2. The summed E-state index contributed by atoms with van der Waals surface area (Å²) in [6, 6.07) is 5.42. The zero-order valence-electron chi connectivity index (χ0n) is 12.2. The van der Waals surface area contributed by atoms with E-state index in [0.29, 0.717) is 11.6 Å². The predicted molar refractivity (Wildman–Crippen MR) is 83.3 cm³/mol. The molecule has 0 aliphatic heterocycles. The van der Waals surface area contributed by atoms with Crippen LogP contribution in [0.15, 0.2) is 18.2 Å². The van der Waals surface area contributed by atoms with Crippen molar-refractivity contribution in [1.82, 2.24) is 4.90 Å². The van der Waals surface area contributed by atoms with E-state index in [4.69, 9.17) is 16.7 Å². The molecule has 0 unspecified atom stereocenters. The molecule has 0 bridgehead atoms. The number of hydrogen-bond acceptors (Lipinski definition) is 3. The molecule has 0 fully saturated rings. The number of aryl methyl sites for hydroxylation is 1. The van der Waals surface area contributed by atoms with Crippen LogP contribution < -0.4 is 5.32 Å². The van der Waals surface area contributed by atoms with Gasteiger partial charge in [0.15, 0.2) is 0 Å². The molecule has 0 aliphatic rings. The van der Waals surface area contributed by atoms with E-state index in [1.165, 1.54) is 0 Å². The molecule has 0 saturated carbocycles. The lowest BCUT2D eigenvalue weighted by molar-refractivity contribution is -0.117. The number of amides is 1. The molecule has 1 rings (SSSR count). The Bertz CT molecular complexity index is 438. The molecule has 4 nitrogen and oxygen atoms in total. The minimum atomic E-state index is -0.0834. The topological polar surface area (TPSA) is 52.6 Å². The lowest BCUT2D eigenvalue weighted by Crippen LogP contribution is -2.36. The van der Waals surface area contributed by atoms with E-state index in [1.54, 1.807) is 12.1 Å². The molecule has 0 radical (unpaired) electrons. The number of anilines is 1. The Labute approximate surface area is 125 Å². The van der Waals surface area contributed by atoms with Crippen LogP contribution in [0.5, 0.6) is 0 Å². The lowest BCUT2D eigenvalue weighted by atomic mass is 10.2. The van der Waals surface area contributed by atoms with Crippen LogP contribution in [-0.2, 0) is 4.79 Å². The van der Waals surface area contributed by atoms with Crippen molar-refractivity contribution in [2.75, 3.05) is 31.6 Å². The molecule has 2 N–H and O–H groups in total. The predicted octanol–water partition coefficient (Wildman–Crippen LogP) is 2.68. The van der Waals surface area contributed by atoms with Crippen molar-refractivity contribution in [3.8, 4) is 0 Å². The zero-order valence-corrected chi connectivity index (χ0v) is 12.9. The van der Waals surface area contributed by atoms with Gasteiger partial charge in [-0.25, -0.2) is 0 Å². The molecular formula is C15H23ClN2O2. The summed E-state index contributed by atoms with van der Waals surface area (Å²) in [5, 5.41) is 12.5. The smallest absolute Gasteiger partial charge is 0.238 e. The van der Waals surface area contributed by atoms with Gasteiger partial charge in [-0.15, -0.1) is 0 Å². The maximum atomic E-state index is 12.0. The fourth-order valence-electron chi connectivity index (χ4n) is 1.91. The quantitative estimate of drug-likeness (QED) is 0.776. The van der Waals surface area contributed by atoms with E-state index in [-0.39, 0.29) is 19.1 Å². The van der Waals surface area contributed by atoms with Crippen LogP contribution in [0.4, 0.5) is 5.69 Å². The van der Waals surface area contributed by atoms with E-state index in [2.05, 4.69) is 12.2 Å². The second kappa shape index (κ2) is 8.95. The molecule has 1 aromatic carbocycles. The third-order valence-electron chi connectivity index (χ3n) is 3.09. The number of aliphatic hydroxyl groups excluding tert-OH is 1. The van der Waals surface area contributed by atoms with Gasteiger partial charge in [0.25, 0.3) is 0 Å². The van der Waals surface area contributed by atoms with E-state index >= 15 is 0 Å².